The molecule has 2 heterocycles. The number of nitrogens with zero attached hydrogens (tertiary/aromatic N) is 2. The third kappa shape index (κ3) is 3.86. The van der Waals surface area contributed by atoms with Crippen molar-refractivity contribution in [3.8, 4) is 11.5 Å². The van der Waals surface area contributed by atoms with Crippen molar-refractivity contribution >= 4 is 11.1 Å². The Balaban J connectivity index is 1.75. The third-order valence-corrected chi connectivity index (χ3v) is 5.02. The summed E-state index contributed by atoms with van der Waals surface area (Å²) in [5.41, 5.74) is 0.584. The quantitative estimate of drug-likeness (QED) is 0.585. The summed E-state index contributed by atoms with van der Waals surface area (Å²) in [6.07, 6.45) is -2.23. The fraction of sp³-hybridized carbons (Fsp3) is 0.381. The molecule has 1 saturated heterocycles. The van der Waals surface area contributed by atoms with Gasteiger partial charge in [0.2, 0.25) is 5.89 Å². The highest BCUT2D eigenvalue weighted by atomic mass is 19.4. The molecule has 1 aliphatic rings. The van der Waals surface area contributed by atoms with E-state index in [1.807, 2.05) is 6.07 Å². The minimum absolute atomic E-state index is 0.197. The van der Waals surface area contributed by atoms with E-state index in [0.717, 1.165) is 19.5 Å². The third-order valence-electron chi connectivity index (χ3n) is 5.02. The van der Waals surface area contributed by atoms with Crippen LogP contribution in [0.1, 0.15) is 30.9 Å². The fourth-order valence-corrected chi connectivity index (χ4v) is 3.79. The molecule has 0 spiro atoms. The van der Waals surface area contributed by atoms with Crippen LogP contribution < -0.4 is 0 Å². The van der Waals surface area contributed by atoms with Crippen LogP contribution in [0.25, 0.3) is 22.6 Å². The van der Waals surface area contributed by atoms with E-state index in [0.29, 0.717) is 23.6 Å². The lowest BCUT2D eigenvalue weighted by molar-refractivity contribution is -0.136. The van der Waals surface area contributed by atoms with Gasteiger partial charge in [-0.25, -0.2) is 4.98 Å². The molecule has 1 atom stereocenters. The van der Waals surface area contributed by atoms with E-state index < -0.39 is 11.7 Å². The van der Waals surface area contributed by atoms with Crippen LogP contribution in [-0.4, -0.2) is 23.0 Å². The lowest BCUT2D eigenvalue weighted by atomic mass is 9.99. The molecule has 142 valence electrons. The monoisotopic (exact) mass is 374 g/mol. The van der Waals surface area contributed by atoms with E-state index in [1.54, 1.807) is 30.3 Å². The number of fused-ring (bicyclic) bond motifs is 1. The highest BCUT2D eigenvalue weighted by Gasteiger charge is 2.35. The molecular weight excluding hydrogens is 353 g/mol. The minimum Gasteiger partial charge on any atom is -0.435 e. The van der Waals surface area contributed by atoms with Crippen LogP contribution in [-0.2, 0) is 12.7 Å². The summed E-state index contributed by atoms with van der Waals surface area (Å²) in [7, 11) is 0. The summed E-state index contributed by atoms with van der Waals surface area (Å²) in [6.45, 7) is 4.50. The molecule has 0 N–H and O–H groups in total. The van der Waals surface area contributed by atoms with Gasteiger partial charge in [-0.15, -0.1) is 0 Å². The minimum atomic E-state index is -4.49. The normalized spacial score (nSPS) is 18.9. The lowest BCUT2D eigenvalue weighted by Gasteiger charge is -2.30. The average Bonchev–Trinajstić information content (AvgIpc) is 3.05. The summed E-state index contributed by atoms with van der Waals surface area (Å²) < 4.78 is 46.5. The van der Waals surface area contributed by atoms with Gasteiger partial charge in [0.25, 0.3) is 0 Å². The van der Waals surface area contributed by atoms with Crippen molar-refractivity contribution in [3.63, 3.8) is 0 Å². The number of likely N-dealkylation sites (tertiary alicyclic amines) is 1. The van der Waals surface area contributed by atoms with Gasteiger partial charge in [-0.3, -0.25) is 4.90 Å². The zero-order valence-electron chi connectivity index (χ0n) is 15.1. The number of aromatic nitrogens is 1. The summed E-state index contributed by atoms with van der Waals surface area (Å²) >= 11 is 0. The van der Waals surface area contributed by atoms with Gasteiger partial charge in [0.15, 0.2) is 5.58 Å². The maximum absolute atomic E-state index is 13.6. The molecule has 0 amide bonds. The maximum atomic E-state index is 13.6. The van der Waals surface area contributed by atoms with Gasteiger partial charge in [-0.05, 0) is 55.1 Å². The van der Waals surface area contributed by atoms with Crippen LogP contribution in [0.3, 0.4) is 0 Å². The molecule has 3 aromatic rings. The summed E-state index contributed by atoms with van der Waals surface area (Å²) in [5, 5.41) is 0. The Kier molecular flexibility index (Phi) is 4.68. The first-order valence-electron chi connectivity index (χ1n) is 9.18. The first-order chi connectivity index (χ1) is 12.9. The van der Waals surface area contributed by atoms with Crippen molar-refractivity contribution in [2.24, 2.45) is 5.92 Å². The number of halogens is 3. The van der Waals surface area contributed by atoms with Crippen molar-refractivity contribution in [1.29, 1.82) is 0 Å². The zero-order chi connectivity index (χ0) is 19.0. The molecule has 0 radical (unpaired) electrons. The van der Waals surface area contributed by atoms with E-state index in [-0.39, 0.29) is 17.0 Å². The van der Waals surface area contributed by atoms with Crippen LogP contribution in [0.4, 0.5) is 13.2 Å². The van der Waals surface area contributed by atoms with Crippen LogP contribution >= 0.6 is 0 Å². The highest BCUT2D eigenvalue weighted by molar-refractivity contribution is 5.80. The molecule has 0 aliphatic carbocycles. The highest BCUT2D eigenvalue weighted by Crippen LogP contribution is 2.38. The van der Waals surface area contributed by atoms with Crippen molar-refractivity contribution < 1.29 is 17.6 Å². The second kappa shape index (κ2) is 7.00. The van der Waals surface area contributed by atoms with Gasteiger partial charge >= 0.3 is 6.18 Å². The summed E-state index contributed by atoms with van der Waals surface area (Å²) in [4.78, 5) is 6.56. The Bertz CT molecular complexity index is 934. The van der Waals surface area contributed by atoms with Gasteiger partial charge in [-0.2, -0.15) is 13.2 Å². The molecule has 1 aliphatic heterocycles. The second-order valence-corrected chi connectivity index (χ2v) is 7.36. The molecule has 3 nitrogen and oxygen atoms in total. The number of benzene rings is 2. The standard InChI is InChI=1S/C21H21F3N2O/c1-14-6-5-9-26(12-14)13-15-10-17(21(22,23)24)19-18(11-15)25-20(27-19)16-7-3-2-4-8-16/h2-4,7-8,10-11,14H,5-6,9,12-13H2,1H3/t14-/m0/s1. The predicted octanol–water partition coefficient (Wildman–Crippen LogP) is 5.75. The van der Waals surface area contributed by atoms with E-state index in [2.05, 4.69) is 16.8 Å². The Morgan fingerprint density at radius 1 is 1.19 bits per heavy atom. The van der Waals surface area contributed by atoms with E-state index in [9.17, 15) is 13.2 Å². The molecule has 1 aromatic heterocycles. The molecule has 6 heteroatoms. The molecule has 0 bridgehead atoms. The Hall–Kier alpha value is -2.34. The number of hydrogen-bond acceptors (Lipinski definition) is 3. The SMILES string of the molecule is C[C@H]1CCCN(Cc2cc(C(F)(F)F)c3oc(-c4ccccc4)nc3c2)C1. The summed E-state index contributed by atoms with van der Waals surface area (Å²) in [6, 6.07) is 11.9. The first-order valence-corrected chi connectivity index (χ1v) is 9.18. The molecule has 2 aromatic carbocycles. The van der Waals surface area contributed by atoms with E-state index in [4.69, 9.17) is 4.42 Å². The van der Waals surface area contributed by atoms with Gasteiger partial charge in [0.05, 0.1) is 0 Å². The van der Waals surface area contributed by atoms with Crippen LogP contribution in [0.2, 0.25) is 0 Å². The molecule has 27 heavy (non-hydrogen) atoms. The largest absolute Gasteiger partial charge is 0.435 e. The van der Waals surface area contributed by atoms with Gasteiger partial charge in [-0.1, -0.05) is 25.1 Å². The fourth-order valence-electron chi connectivity index (χ4n) is 3.79. The average molecular weight is 374 g/mol. The first kappa shape index (κ1) is 18.0. The van der Waals surface area contributed by atoms with Crippen LogP contribution in [0, 0.1) is 5.92 Å². The molecule has 4 rings (SSSR count). The zero-order valence-corrected chi connectivity index (χ0v) is 15.1. The second-order valence-electron chi connectivity index (χ2n) is 7.36. The summed E-state index contributed by atoms with van der Waals surface area (Å²) in [5.74, 6) is 0.779. The number of piperidine rings is 1. The van der Waals surface area contributed by atoms with Gasteiger partial charge in [0.1, 0.15) is 11.1 Å². The van der Waals surface area contributed by atoms with Crippen molar-refractivity contribution in [2.75, 3.05) is 13.1 Å². The van der Waals surface area contributed by atoms with Crippen molar-refractivity contribution in [3.05, 3.63) is 53.6 Å². The van der Waals surface area contributed by atoms with Crippen molar-refractivity contribution in [1.82, 2.24) is 9.88 Å². The number of alkyl halides is 3. The number of rotatable bonds is 3. The van der Waals surface area contributed by atoms with Crippen LogP contribution in [0.5, 0.6) is 0 Å². The number of oxazole rings is 1. The van der Waals surface area contributed by atoms with Gasteiger partial charge < -0.3 is 4.42 Å². The topological polar surface area (TPSA) is 29.3 Å². The van der Waals surface area contributed by atoms with Gasteiger partial charge in [0, 0.05) is 18.7 Å². The van der Waals surface area contributed by atoms with Crippen molar-refractivity contribution in [2.45, 2.75) is 32.5 Å². The lowest BCUT2D eigenvalue weighted by Crippen LogP contribution is -2.33. The number of hydrogen-bond donors (Lipinski definition) is 0. The predicted molar refractivity (Wildman–Crippen MR) is 98.1 cm³/mol. The van der Waals surface area contributed by atoms with Crippen LogP contribution in [0.15, 0.2) is 46.9 Å². The Morgan fingerprint density at radius 2 is 1.96 bits per heavy atom. The molecule has 0 saturated carbocycles. The Morgan fingerprint density at radius 3 is 2.67 bits per heavy atom. The molecular formula is C21H21F3N2O. The van der Waals surface area contributed by atoms with E-state index in [1.165, 1.54) is 12.5 Å². The molecule has 1 fully saturated rings. The maximum Gasteiger partial charge on any atom is 0.420 e. The van der Waals surface area contributed by atoms with E-state index >= 15 is 0 Å². The Labute approximate surface area is 155 Å². The smallest absolute Gasteiger partial charge is 0.420 e. The molecule has 0 unspecified atom stereocenters.